The van der Waals surface area contributed by atoms with E-state index in [9.17, 15) is 0 Å². The topological polar surface area (TPSA) is 25.8 Å². The van der Waals surface area contributed by atoms with Gasteiger partial charge in [-0.1, -0.05) is 110 Å². The van der Waals surface area contributed by atoms with E-state index in [-0.39, 0.29) is 0 Å². The molecule has 0 spiro atoms. The second-order valence-corrected chi connectivity index (χ2v) is 14.2. The van der Waals surface area contributed by atoms with Gasteiger partial charge in [-0.2, -0.15) is 0 Å². The highest BCUT2D eigenvalue weighted by Gasteiger charge is 2.31. The Bertz CT molecular complexity index is 733. The van der Waals surface area contributed by atoms with E-state index in [1.807, 2.05) is 0 Å². The Morgan fingerprint density at radius 2 is 0.897 bits per heavy atom. The molecule has 2 nitrogen and oxygen atoms in total. The molecule has 0 radical (unpaired) electrons. The predicted molar refractivity (Wildman–Crippen MR) is 168 cm³/mol. The van der Waals surface area contributed by atoms with Gasteiger partial charge >= 0.3 is 0 Å². The van der Waals surface area contributed by atoms with Gasteiger partial charge in [-0.15, -0.1) is 0 Å². The monoisotopic (exact) mass is 537 g/mol. The smallest absolute Gasteiger partial charge is 0.131 e. The summed E-state index contributed by atoms with van der Waals surface area (Å²) in [6.45, 7) is 4.63. The first-order valence-electron chi connectivity index (χ1n) is 18.1. The predicted octanol–water partition coefficient (Wildman–Crippen LogP) is 11.9. The minimum atomic E-state index is 0.613. The molecule has 4 rings (SSSR count). The highest BCUT2D eigenvalue weighted by Crippen LogP contribution is 2.44. The summed E-state index contributed by atoms with van der Waals surface area (Å²) in [6, 6.07) is 0. The van der Waals surface area contributed by atoms with E-state index in [0.29, 0.717) is 11.8 Å². The maximum absolute atomic E-state index is 4.95. The van der Waals surface area contributed by atoms with Crippen molar-refractivity contribution in [3.05, 3.63) is 23.8 Å². The van der Waals surface area contributed by atoms with Gasteiger partial charge in [0.05, 0.1) is 0 Å². The number of rotatable bonds is 16. The lowest BCUT2D eigenvalue weighted by molar-refractivity contribution is 0.155. The third-order valence-electron chi connectivity index (χ3n) is 11.4. The van der Waals surface area contributed by atoms with Crippen LogP contribution in [0.25, 0.3) is 0 Å². The summed E-state index contributed by atoms with van der Waals surface area (Å²) in [5.74, 6) is 6.50. The van der Waals surface area contributed by atoms with E-state index in [1.165, 1.54) is 166 Å². The Balaban J connectivity index is 1.09. The number of hydrogen-bond acceptors (Lipinski definition) is 2. The highest BCUT2D eigenvalue weighted by molar-refractivity contribution is 5.14. The van der Waals surface area contributed by atoms with Crippen molar-refractivity contribution in [1.82, 2.24) is 9.97 Å². The first kappa shape index (κ1) is 31.0. The number of aromatic nitrogens is 2. The van der Waals surface area contributed by atoms with Crippen LogP contribution in [0.4, 0.5) is 0 Å². The fourth-order valence-electron chi connectivity index (χ4n) is 8.60. The summed E-state index contributed by atoms with van der Waals surface area (Å²) in [4.78, 5) is 9.90. The number of unbranched alkanes of at least 4 members (excludes halogenated alkanes) is 9. The molecule has 3 fully saturated rings. The third kappa shape index (κ3) is 10.5. The molecule has 0 bridgehead atoms. The van der Waals surface area contributed by atoms with Crippen molar-refractivity contribution >= 4 is 0 Å². The van der Waals surface area contributed by atoms with Gasteiger partial charge in [0.15, 0.2) is 0 Å². The van der Waals surface area contributed by atoms with Gasteiger partial charge in [0, 0.05) is 18.3 Å². The third-order valence-corrected chi connectivity index (χ3v) is 11.4. The van der Waals surface area contributed by atoms with Gasteiger partial charge in [0.1, 0.15) is 5.82 Å². The van der Waals surface area contributed by atoms with Crippen molar-refractivity contribution in [1.29, 1.82) is 0 Å². The standard InChI is InChI=1S/C37H64N2/c1-3-5-7-9-11-13-15-30-16-20-32(21-17-30)33-24-26-34(27-25-33)36-28-38-37(39-29-36)35-22-18-31(19-23-35)14-12-10-8-6-4-2/h28-35H,3-27H2,1-2H3/t30-,31-,32-,33-,34-,35-. The van der Waals surface area contributed by atoms with Crippen LogP contribution in [-0.4, -0.2) is 9.97 Å². The van der Waals surface area contributed by atoms with Crippen LogP contribution in [0, 0.1) is 23.7 Å². The quantitative estimate of drug-likeness (QED) is 0.196. The average molecular weight is 537 g/mol. The summed E-state index contributed by atoms with van der Waals surface area (Å²) in [5, 5.41) is 0. The van der Waals surface area contributed by atoms with Crippen LogP contribution in [0.1, 0.15) is 198 Å². The van der Waals surface area contributed by atoms with Gasteiger partial charge in [-0.25, -0.2) is 9.97 Å². The van der Waals surface area contributed by atoms with Crippen molar-refractivity contribution in [2.75, 3.05) is 0 Å². The zero-order valence-electron chi connectivity index (χ0n) is 26.2. The van der Waals surface area contributed by atoms with E-state index in [1.54, 1.807) is 0 Å². The minimum Gasteiger partial charge on any atom is -0.241 e. The molecule has 1 heterocycles. The second kappa shape index (κ2) is 17.8. The minimum absolute atomic E-state index is 0.613. The number of hydrogen-bond donors (Lipinski definition) is 0. The van der Waals surface area contributed by atoms with Gasteiger partial charge < -0.3 is 0 Å². The van der Waals surface area contributed by atoms with Crippen molar-refractivity contribution in [3.63, 3.8) is 0 Å². The summed E-state index contributed by atoms with van der Waals surface area (Å²) < 4.78 is 0. The SMILES string of the molecule is CCCCCCCC[C@H]1CC[C@H]([C@H]2CC[C@H](c3cnc([C@H]4CC[C@H](CCCCCCC)CC4)nc3)CC2)CC1. The second-order valence-electron chi connectivity index (χ2n) is 14.2. The van der Waals surface area contributed by atoms with Crippen LogP contribution in [0.5, 0.6) is 0 Å². The van der Waals surface area contributed by atoms with E-state index in [0.717, 1.165) is 29.5 Å². The lowest BCUT2D eigenvalue weighted by Gasteiger charge is -2.38. The van der Waals surface area contributed by atoms with Crippen LogP contribution in [0.15, 0.2) is 12.4 Å². The Hall–Kier alpha value is -0.920. The summed E-state index contributed by atoms with van der Waals surface area (Å²) in [6.07, 6.45) is 40.4. The van der Waals surface area contributed by atoms with Crippen molar-refractivity contribution in [3.8, 4) is 0 Å². The maximum atomic E-state index is 4.95. The first-order chi connectivity index (χ1) is 19.3. The van der Waals surface area contributed by atoms with Crippen LogP contribution in [0.3, 0.4) is 0 Å². The van der Waals surface area contributed by atoms with Gasteiger partial charge in [0.25, 0.3) is 0 Å². The molecule has 0 aromatic carbocycles. The molecular weight excluding hydrogens is 472 g/mol. The lowest BCUT2D eigenvalue weighted by Crippen LogP contribution is -2.25. The lowest BCUT2D eigenvalue weighted by atomic mass is 9.68. The summed E-state index contributed by atoms with van der Waals surface area (Å²) >= 11 is 0. The molecule has 0 saturated heterocycles. The van der Waals surface area contributed by atoms with E-state index >= 15 is 0 Å². The average Bonchev–Trinajstić information content (AvgIpc) is 3.00. The van der Waals surface area contributed by atoms with Gasteiger partial charge in [0.2, 0.25) is 0 Å². The molecule has 3 aliphatic carbocycles. The molecule has 0 amide bonds. The number of nitrogens with zero attached hydrogens (tertiary/aromatic N) is 2. The fourth-order valence-corrected chi connectivity index (χ4v) is 8.60. The molecule has 0 atom stereocenters. The Labute approximate surface area is 243 Å². The summed E-state index contributed by atoms with van der Waals surface area (Å²) in [7, 11) is 0. The van der Waals surface area contributed by atoms with Gasteiger partial charge in [-0.3, -0.25) is 0 Å². The van der Waals surface area contributed by atoms with E-state index in [4.69, 9.17) is 9.97 Å². The first-order valence-corrected chi connectivity index (χ1v) is 18.1. The van der Waals surface area contributed by atoms with Crippen molar-refractivity contribution < 1.29 is 0 Å². The normalized spacial score (nSPS) is 29.9. The zero-order chi connectivity index (χ0) is 27.1. The molecule has 3 aliphatic rings. The van der Waals surface area contributed by atoms with Crippen LogP contribution in [-0.2, 0) is 0 Å². The van der Waals surface area contributed by atoms with Crippen LogP contribution >= 0.6 is 0 Å². The molecule has 222 valence electrons. The maximum Gasteiger partial charge on any atom is 0.131 e. The van der Waals surface area contributed by atoms with E-state index in [2.05, 4.69) is 26.2 Å². The van der Waals surface area contributed by atoms with Crippen LogP contribution in [0.2, 0.25) is 0 Å². The zero-order valence-corrected chi connectivity index (χ0v) is 26.2. The molecule has 0 N–H and O–H groups in total. The highest BCUT2D eigenvalue weighted by atomic mass is 14.9. The Morgan fingerprint density at radius 3 is 1.41 bits per heavy atom. The van der Waals surface area contributed by atoms with Crippen molar-refractivity contribution in [2.24, 2.45) is 23.7 Å². The molecule has 39 heavy (non-hydrogen) atoms. The van der Waals surface area contributed by atoms with E-state index < -0.39 is 0 Å². The Kier molecular flexibility index (Phi) is 14.2. The molecule has 2 heteroatoms. The molecular formula is C37H64N2. The fraction of sp³-hybridized carbons (Fsp3) is 0.892. The largest absolute Gasteiger partial charge is 0.241 e. The van der Waals surface area contributed by atoms with Crippen LogP contribution < -0.4 is 0 Å². The molecule has 1 aromatic rings. The molecule has 0 aliphatic heterocycles. The summed E-state index contributed by atoms with van der Waals surface area (Å²) in [5.41, 5.74) is 1.43. The molecule has 3 saturated carbocycles. The van der Waals surface area contributed by atoms with Gasteiger partial charge in [-0.05, 0) is 99.4 Å². The molecule has 1 aromatic heterocycles. The molecule has 0 unspecified atom stereocenters. The Morgan fingerprint density at radius 1 is 0.487 bits per heavy atom. The van der Waals surface area contributed by atoms with Crippen molar-refractivity contribution in [2.45, 2.75) is 186 Å².